The smallest absolute Gasteiger partial charge is 0.103 e. The lowest BCUT2D eigenvalue weighted by Crippen LogP contribution is -2.00. The lowest BCUT2D eigenvalue weighted by atomic mass is 9.96. The Hall–Kier alpha value is -2.19. The minimum atomic E-state index is 0.303. The summed E-state index contributed by atoms with van der Waals surface area (Å²) in [5.41, 5.74) is 7.88. The topological polar surface area (TPSA) is 12.0 Å². The van der Waals surface area contributed by atoms with Gasteiger partial charge in [0.15, 0.2) is 0 Å². The van der Waals surface area contributed by atoms with Gasteiger partial charge in [0.2, 0.25) is 0 Å². The Labute approximate surface area is 141 Å². The fourth-order valence-electron chi connectivity index (χ4n) is 3.14. The molecule has 0 aromatic heterocycles. The molecule has 0 saturated carbocycles. The molecule has 0 aliphatic carbocycles. The van der Waals surface area contributed by atoms with Gasteiger partial charge >= 0.3 is 0 Å². The third-order valence-corrected chi connectivity index (χ3v) is 5.61. The van der Waals surface area contributed by atoms with Crippen molar-refractivity contribution in [2.24, 2.45) is 0 Å². The molecule has 0 radical (unpaired) electrons. The first-order valence-electron chi connectivity index (χ1n) is 7.91. The van der Waals surface area contributed by atoms with Gasteiger partial charge in [-0.15, -0.1) is 0 Å². The quantitative estimate of drug-likeness (QED) is 0.605. The number of rotatable bonds is 2. The SMILES string of the molecule is Cc1ccccc1-c1cc2c(cc1C)NC(c1ccccc1)S2. The average Bonchev–Trinajstić information content (AvgIpc) is 2.98. The zero-order chi connectivity index (χ0) is 15.8. The van der Waals surface area contributed by atoms with Gasteiger partial charge in [-0.05, 0) is 53.8 Å². The van der Waals surface area contributed by atoms with E-state index < -0.39 is 0 Å². The first-order valence-corrected chi connectivity index (χ1v) is 8.79. The number of nitrogens with one attached hydrogen (secondary N) is 1. The molecule has 0 spiro atoms. The molecule has 1 aliphatic heterocycles. The van der Waals surface area contributed by atoms with Crippen LogP contribution in [0.15, 0.2) is 71.6 Å². The third-order valence-electron chi connectivity index (χ3n) is 4.40. The average molecular weight is 317 g/mol. The normalized spacial score (nSPS) is 16.0. The number of aryl methyl sites for hydroxylation is 2. The van der Waals surface area contributed by atoms with E-state index in [1.54, 1.807) is 0 Å². The zero-order valence-corrected chi connectivity index (χ0v) is 14.2. The van der Waals surface area contributed by atoms with Crippen LogP contribution < -0.4 is 5.32 Å². The van der Waals surface area contributed by atoms with Crippen molar-refractivity contribution in [1.29, 1.82) is 0 Å². The maximum Gasteiger partial charge on any atom is 0.103 e. The predicted octanol–water partition coefficient (Wildman–Crippen LogP) is 6.19. The van der Waals surface area contributed by atoms with E-state index in [2.05, 4.69) is 85.9 Å². The number of hydrogen-bond acceptors (Lipinski definition) is 2. The highest BCUT2D eigenvalue weighted by atomic mass is 32.2. The number of anilines is 1. The van der Waals surface area contributed by atoms with Crippen LogP contribution in [-0.4, -0.2) is 0 Å². The number of thioether (sulfide) groups is 1. The maximum atomic E-state index is 3.65. The second kappa shape index (κ2) is 5.78. The minimum absolute atomic E-state index is 0.303. The standard InChI is InChI=1S/C21H19NS/c1-14-8-6-7-11-17(14)18-13-20-19(12-15(18)2)22-21(23-20)16-9-4-3-5-10-16/h3-13,21-22H,1-2H3. The van der Waals surface area contributed by atoms with Crippen LogP contribution in [0, 0.1) is 13.8 Å². The van der Waals surface area contributed by atoms with Crippen LogP contribution in [0.4, 0.5) is 5.69 Å². The van der Waals surface area contributed by atoms with Gasteiger partial charge in [-0.1, -0.05) is 66.4 Å². The van der Waals surface area contributed by atoms with Crippen molar-refractivity contribution in [2.45, 2.75) is 24.1 Å². The van der Waals surface area contributed by atoms with Crippen LogP contribution in [0.25, 0.3) is 11.1 Å². The van der Waals surface area contributed by atoms with Crippen molar-refractivity contribution in [1.82, 2.24) is 0 Å². The molecule has 1 nitrogen and oxygen atoms in total. The monoisotopic (exact) mass is 317 g/mol. The Kier molecular flexibility index (Phi) is 3.62. The van der Waals surface area contributed by atoms with Gasteiger partial charge in [-0.2, -0.15) is 0 Å². The Bertz CT molecular complexity index is 855. The molecule has 1 aliphatic rings. The summed E-state index contributed by atoms with van der Waals surface area (Å²) in [5.74, 6) is 0. The largest absolute Gasteiger partial charge is 0.368 e. The molecule has 1 N–H and O–H groups in total. The van der Waals surface area contributed by atoms with Gasteiger partial charge < -0.3 is 5.32 Å². The molecule has 1 heterocycles. The van der Waals surface area contributed by atoms with E-state index >= 15 is 0 Å². The van der Waals surface area contributed by atoms with Gasteiger partial charge in [-0.25, -0.2) is 0 Å². The van der Waals surface area contributed by atoms with Crippen molar-refractivity contribution in [3.8, 4) is 11.1 Å². The Balaban J connectivity index is 1.73. The molecular weight excluding hydrogens is 298 g/mol. The molecule has 3 aromatic carbocycles. The van der Waals surface area contributed by atoms with Crippen molar-refractivity contribution in [3.05, 3.63) is 83.4 Å². The molecular formula is C21H19NS. The lowest BCUT2D eigenvalue weighted by molar-refractivity contribution is 1.13. The van der Waals surface area contributed by atoms with Crippen molar-refractivity contribution in [3.63, 3.8) is 0 Å². The van der Waals surface area contributed by atoms with E-state index in [0.717, 1.165) is 0 Å². The van der Waals surface area contributed by atoms with Crippen molar-refractivity contribution >= 4 is 17.4 Å². The molecule has 0 bridgehead atoms. The van der Waals surface area contributed by atoms with E-state index in [1.165, 1.54) is 38.4 Å². The van der Waals surface area contributed by atoms with Crippen LogP contribution in [0.1, 0.15) is 22.1 Å². The summed E-state index contributed by atoms with van der Waals surface area (Å²) >= 11 is 1.90. The fraction of sp³-hybridized carbons (Fsp3) is 0.143. The van der Waals surface area contributed by atoms with Gasteiger partial charge in [0.25, 0.3) is 0 Å². The van der Waals surface area contributed by atoms with Crippen LogP contribution in [0.5, 0.6) is 0 Å². The highest BCUT2D eigenvalue weighted by Crippen LogP contribution is 2.48. The third kappa shape index (κ3) is 2.64. The molecule has 4 rings (SSSR count). The first-order chi connectivity index (χ1) is 11.2. The Morgan fingerprint density at radius 3 is 2.30 bits per heavy atom. The molecule has 23 heavy (non-hydrogen) atoms. The Morgan fingerprint density at radius 1 is 0.783 bits per heavy atom. The van der Waals surface area contributed by atoms with E-state index in [1.807, 2.05) is 11.8 Å². The zero-order valence-electron chi connectivity index (χ0n) is 13.3. The first kappa shape index (κ1) is 14.4. The molecule has 114 valence electrons. The maximum absolute atomic E-state index is 3.65. The summed E-state index contributed by atoms with van der Waals surface area (Å²) in [5, 5.41) is 3.95. The van der Waals surface area contributed by atoms with Crippen LogP contribution in [0.3, 0.4) is 0 Å². The van der Waals surface area contributed by atoms with Crippen LogP contribution in [0.2, 0.25) is 0 Å². The van der Waals surface area contributed by atoms with E-state index in [0.29, 0.717) is 5.37 Å². The van der Waals surface area contributed by atoms with E-state index in [4.69, 9.17) is 0 Å². The van der Waals surface area contributed by atoms with Gasteiger partial charge in [0.1, 0.15) is 5.37 Å². The fourth-order valence-corrected chi connectivity index (χ4v) is 4.30. The number of hydrogen-bond donors (Lipinski definition) is 1. The molecule has 3 aromatic rings. The number of benzene rings is 3. The molecule has 1 unspecified atom stereocenters. The van der Waals surface area contributed by atoms with E-state index in [9.17, 15) is 0 Å². The van der Waals surface area contributed by atoms with Crippen LogP contribution in [-0.2, 0) is 0 Å². The van der Waals surface area contributed by atoms with Crippen LogP contribution >= 0.6 is 11.8 Å². The second-order valence-corrected chi connectivity index (χ2v) is 7.18. The lowest BCUT2D eigenvalue weighted by Gasteiger charge is -2.11. The molecule has 0 saturated heterocycles. The molecule has 1 atom stereocenters. The predicted molar refractivity (Wildman–Crippen MR) is 100 cm³/mol. The highest BCUT2D eigenvalue weighted by molar-refractivity contribution is 8.00. The second-order valence-electron chi connectivity index (χ2n) is 6.03. The summed E-state index contributed by atoms with van der Waals surface area (Å²) in [4.78, 5) is 1.34. The summed E-state index contributed by atoms with van der Waals surface area (Å²) in [6, 6.07) is 23.9. The summed E-state index contributed by atoms with van der Waals surface area (Å²) in [6.45, 7) is 4.38. The minimum Gasteiger partial charge on any atom is -0.368 e. The molecule has 0 amide bonds. The van der Waals surface area contributed by atoms with Crippen molar-refractivity contribution < 1.29 is 0 Å². The highest BCUT2D eigenvalue weighted by Gasteiger charge is 2.24. The summed E-state index contributed by atoms with van der Waals surface area (Å²) < 4.78 is 0. The van der Waals surface area contributed by atoms with Gasteiger partial charge in [0.05, 0.1) is 0 Å². The number of fused-ring (bicyclic) bond motifs is 1. The molecule has 2 heteroatoms. The van der Waals surface area contributed by atoms with Crippen molar-refractivity contribution in [2.75, 3.05) is 5.32 Å². The van der Waals surface area contributed by atoms with Gasteiger partial charge in [0, 0.05) is 10.6 Å². The van der Waals surface area contributed by atoms with E-state index in [-0.39, 0.29) is 0 Å². The Morgan fingerprint density at radius 2 is 1.52 bits per heavy atom. The summed E-state index contributed by atoms with van der Waals surface area (Å²) in [6.07, 6.45) is 0. The van der Waals surface area contributed by atoms with Gasteiger partial charge in [-0.3, -0.25) is 0 Å². The molecule has 0 fully saturated rings. The summed E-state index contributed by atoms with van der Waals surface area (Å²) in [7, 11) is 0.